The molecule has 3 nitrogen and oxygen atoms in total. The van der Waals surface area contributed by atoms with Crippen LogP contribution in [0.15, 0.2) is 29.4 Å². The molecule has 0 bridgehead atoms. The third-order valence-electron chi connectivity index (χ3n) is 3.76. The SMILES string of the molecule is Cc1[nH]c2ccccc2c1C1CCC(=NO)C1. The molecule has 0 amide bonds. The molecule has 2 aromatic rings. The van der Waals surface area contributed by atoms with Crippen molar-refractivity contribution >= 4 is 16.6 Å². The van der Waals surface area contributed by atoms with Gasteiger partial charge in [-0.05, 0) is 43.7 Å². The molecule has 1 aromatic carbocycles. The number of H-pyrrole nitrogens is 1. The van der Waals surface area contributed by atoms with E-state index in [0.29, 0.717) is 5.92 Å². The van der Waals surface area contributed by atoms with Crippen molar-refractivity contribution in [2.24, 2.45) is 5.16 Å². The Hall–Kier alpha value is -1.77. The van der Waals surface area contributed by atoms with Gasteiger partial charge in [-0.1, -0.05) is 23.4 Å². The van der Waals surface area contributed by atoms with Crippen molar-refractivity contribution in [2.45, 2.75) is 32.1 Å². The Balaban J connectivity index is 2.08. The molecule has 1 fully saturated rings. The molecule has 1 aromatic heterocycles. The number of benzene rings is 1. The summed E-state index contributed by atoms with van der Waals surface area (Å²) in [5, 5.41) is 13.5. The Bertz CT molecular complexity index is 583. The summed E-state index contributed by atoms with van der Waals surface area (Å²) in [5.41, 5.74) is 4.78. The van der Waals surface area contributed by atoms with Gasteiger partial charge in [0.15, 0.2) is 0 Å². The molecule has 17 heavy (non-hydrogen) atoms. The van der Waals surface area contributed by atoms with Gasteiger partial charge in [-0.2, -0.15) is 0 Å². The normalized spacial score (nSPS) is 22.6. The monoisotopic (exact) mass is 228 g/mol. The lowest BCUT2D eigenvalue weighted by Crippen LogP contribution is -1.96. The number of hydrogen-bond donors (Lipinski definition) is 2. The van der Waals surface area contributed by atoms with Crippen molar-refractivity contribution in [3.8, 4) is 0 Å². The van der Waals surface area contributed by atoms with Gasteiger partial charge in [-0.15, -0.1) is 0 Å². The molecule has 88 valence electrons. The predicted octanol–water partition coefficient (Wildman–Crippen LogP) is 3.57. The number of hydrogen-bond acceptors (Lipinski definition) is 2. The number of fused-ring (bicyclic) bond motifs is 1. The van der Waals surface area contributed by atoms with Crippen LogP contribution in [-0.4, -0.2) is 15.9 Å². The van der Waals surface area contributed by atoms with Crippen LogP contribution in [0.1, 0.15) is 36.4 Å². The summed E-state index contributed by atoms with van der Waals surface area (Å²) in [5.74, 6) is 0.497. The van der Waals surface area contributed by atoms with Crippen molar-refractivity contribution in [2.75, 3.05) is 0 Å². The van der Waals surface area contributed by atoms with Gasteiger partial charge in [0.1, 0.15) is 0 Å². The summed E-state index contributed by atoms with van der Waals surface area (Å²) < 4.78 is 0. The molecular weight excluding hydrogens is 212 g/mol. The lowest BCUT2D eigenvalue weighted by molar-refractivity contribution is 0.317. The van der Waals surface area contributed by atoms with E-state index >= 15 is 0 Å². The van der Waals surface area contributed by atoms with E-state index in [1.807, 2.05) is 0 Å². The molecule has 0 saturated heterocycles. The third kappa shape index (κ3) is 1.62. The van der Waals surface area contributed by atoms with E-state index in [-0.39, 0.29) is 0 Å². The van der Waals surface area contributed by atoms with Gasteiger partial charge < -0.3 is 10.2 Å². The molecule has 2 N–H and O–H groups in total. The number of aromatic amines is 1. The number of oxime groups is 1. The fourth-order valence-corrected chi connectivity index (χ4v) is 2.99. The van der Waals surface area contributed by atoms with Crippen LogP contribution in [0.4, 0.5) is 0 Å². The summed E-state index contributed by atoms with van der Waals surface area (Å²) in [7, 11) is 0. The van der Waals surface area contributed by atoms with E-state index in [0.717, 1.165) is 25.0 Å². The molecule has 0 radical (unpaired) electrons. The van der Waals surface area contributed by atoms with Crippen LogP contribution in [0, 0.1) is 6.92 Å². The predicted molar refractivity (Wildman–Crippen MR) is 68.8 cm³/mol. The molecule has 1 aliphatic carbocycles. The number of nitrogens with one attached hydrogen (secondary N) is 1. The van der Waals surface area contributed by atoms with E-state index in [1.54, 1.807) is 0 Å². The van der Waals surface area contributed by atoms with Crippen LogP contribution in [0.25, 0.3) is 10.9 Å². The second-order valence-electron chi connectivity index (χ2n) is 4.82. The maximum atomic E-state index is 8.84. The molecule has 0 spiro atoms. The van der Waals surface area contributed by atoms with Gasteiger partial charge in [-0.25, -0.2) is 0 Å². The van der Waals surface area contributed by atoms with E-state index in [4.69, 9.17) is 5.21 Å². The summed E-state index contributed by atoms with van der Waals surface area (Å²) >= 11 is 0. The topological polar surface area (TPSA) is 48.4 Å². The molecule has 1 heterocycles. The van der Waals surface area contributed by atoms with Crippen LogP contribution in [0.5, 0.6) is 0 Å². The smallest absolute Gasteiger partial charge is 0.0577 e. The van der Waals surface area contributed by atoms with Crippen LogP contribution >= 0.6 is 0 Å². The zero-order chi connectivity index (χ0) is 11.8. The highest BCUT2D eigenvalue weighted by atomic mass is 16.4. The Morgan fingerprint density at radius 3 is 2.94 bits per heavy atom. The molecule has 1 atom stereocenters. The molecule has 1 aliphatic rings. The van der Waals surface area contributed by atoms with Crippen LogP contribution < -0.4 is 0 Å². The highest BCUT2D eigenvalue weighted by Gasteiger charge is 2.26. The molecule has 3 rings (SSSR count). The lowest BCUT2D eigenvalue weighted by Gasteiger charge is -2.08. The van der Waals surface area contributed by atoms with Crippen LogP contribution in [-0.2, 0) is 0 Å². The van der Waals surface area contributed by atoms with Gasteiger partial charge in [0.2, 0.25) is 0 Å². The number of para-hydroxylation sites is 1. The quantitative estimate of drug-likeness (QED) is 0.569. The van der Waals surface area contributed by atoms with E-state index in [1.165, 1.54) is 22.2 Å². The molecular formula is C14H16N2O. The third-order valence-corrected chi connectivity index (χ3v) is 3.76. The van der Waals surface area contributed by atoms with E-state index < -0.39 is 0 Å². The second-order valence-corrected chi connectivity index (χ2v) is 4.82. The summed E-state index contributed by atoms with van der Waals surface area (Å²) in [6.45, 7) is 2.13. The molecule has 1 unspecified atom stereocenters. The molecule has 3 heteroatoms. The summed E-state index contributed by atoms with van der Waals surface area (Å²) in [4.78, 5) is 3.43. The minimum atomic E-state index is 0.497. The van der Waals surface area contributed by atoms with Crippen molar-refractivity contribution in [1.29, 1.82) is 0 Å². The van der Waals surface area contributed by atoms with Gasteiger partial charge in [0.25, 0.3) is 0 Å². The van der Waals surface area contributed by atoms with Gasteiger partial charge in [0.05, 0.1) is 5.71 Å². The maximum Gasteiger partial charge on any atom is 0.0577 e. The van der Waals surface area contributed by atoms with Gasteiger partial charge in [-0.3, -0.25) is 0 Å². The zero-order valence-corrected chi connectivity index (χ0v) is 9.90. The average molecular weight is 228 g/mol. The van der Waals surface area contributed by atoms with E-state index in [2.05, 4.69) is 41.3 Å². The number of nitrogens with zero attached hydrogens (tertiary/aromatic N) is 1. The van der Waals surface area contributed by atoms with Crippen molar-refractivity contribution in [3.05, 3.63) is 35.5 Å². The fourth-order valence-electron chi connectivity index (χ4n) is 2.99. The average Bonchev–Trinajstić information content (AvgIpc) is 2.91. The lowest BCUT2D eigenvalue weighted by atomic mass is 9.95. The molecule has 0 aliphatic heterocycles. The van der Waals surface area contributed by atoms with Gasteiger partial charge in [0, 0.05) is 16.6 Å². The fraction of sp³-hybridized carbons (Fsp3) is 0.357. The Morgan fingerprint density at radius 2 is 2.18 bits per heavy atom. The zero-order valence-electron chi connectivity index (χ0n) is 9.90. The first-order valence-electron chi connectivity index (χ1n) is 6.06. The largest absolute Gasteiger partial charge is 0.411 e. The summed E-state index contributed by atoms with van der Waals surface area (Å²) in [6, 6.07) is 8.41. The number of aryl methyl sites for hydroxylation is 1. The molecule has 1 saturated carbocycles. The second kappa shape index (κ2) is 3.91. The Labute approximate surface area is 100 Å². The minimum Gasteiger partial charge on any atom is -0.411 e. The van der Waals surface area contributed by atoms with Gasteiger partial charge >= 0.3 is 0 Å². The number of rotatable bonds is 1. The Kier molecular flexibility index (Phi) is 2.39. The van der Waals surface area contributed by atoms with Crippen molar-refractivity contribution in [3.63, 3.8) is 0 Å². The maximum absolute atomic E-state index is 8.84. The van der Waals surface area contributed by atoms with E-state index in [9.17, 15) is 0 Å². The highest BCUT2D eigenvalue weighted by molar-refractivity contribution is 5.90. The first kappa shape index (κ1) is 10.4. The first-order chi connectivity index (χ1) is 8.29. The van der Waals surface area contributed by atoms with Crippen molar-refractivity contribution in [1.82, 2.24) is 4.98 Å². The number of aromatic nitrogens is 1. The standard InChI is InChI=1S/C14H16N2O/c1-9-14(10-6-7-11(8-10)16-17)12-4-2-3-5-13(12)15-9/h2-5,10,15,17H,6-8H2,1H3. The Morgan fingerprint density at radius 1 is 1.35 bits per heavy atom. The van der Waals surface area contributed by atoms with Crippen molar-refractivity contribution < 1.29 is 5.21 Å². The highest BCUT2D eigenvalue weighted by Crippen LogP contribution is 2.38. The van der Waals surface area contributed by atoms with Crippen LogP contribution in [0.2, 0.25) is 0 Å². The summed E-state index contributed by atoms with van der Waals surface area (Å²) in [6.07, 6.45) is 2.89. The minimum absolute atomic E-state index is 0.497. The van der Waals surface area contributed by atoms with Crippen LogP contribution in [0.3, 0.4) is 0 Å². The first-order valence-corrected chi connectivity index (χ1v) is 6.06.